The summed E-state index contributed by atoms with van der Waals surface area (Å²) < 4.78 is 16.4. The van der Waals surface area contributed by atoms with Crippen molar-refractivity contribution in [3.8, 4) is 0 Å². The van der Waals surface area contributed by atoms with E-state index in [1.165, 1.54) is 32.4 Å². The van der Waals surface area contributed by atoms with Crippen LogP contribution < -0.4 is 5.32 Å². The third kappa shape index (κ3) is 11.1. The summed E-state index contributed by atoms with van der Waals surface area (Å²) in [6.45, 7) is 9.81. The summed E-state index contributed by atoms with van der Waals surface area (Å²) in [6.07, 6.45) is 4.81. The van der Waals surface area contributed by atoms with E-state index in [1.54, 1.807) is 0 Å². The Morgan fingerprint density at radius 2 is 1.48 bits per heavy atom. The number of rotatable bonds is 13. The highest BCUT2D eigenvalue weighted by molar-refractivity contribution is 4.74. The Bertz CT molecular complexity index is 222. The maximum absolute atomic E-state index is 5.55. The molecule has 1 heterocycles. The van der Waals surface area contributed by atoms with Gasteiger partial charge in [-0.25, -0.2) is 0 Å². The third-order valence-electron chi connectivity index (χ3n) is 3.78. The largest absolute Gasteiger partial charge is 0.379 e. The van der Waals surface area contributed by atoms with Crippen molar-refractivity contribution in [3.63, 3.8) is 0 Å². The van der Waals surface area contributed by atoms with Crippen LogP contribution in [0.5, 0.6) is 0 Å². The van der Waals surface area contributed by atoms with Gasteiger partial charge in [0.05, 0.1) is 33.0 Å². The molecule has 1 aliphatic heterocycles. The van der Waals surface area contributed by atoms with Crippen LogP contribution in [0.4, 0.5) is 0 Å². The van der Waals surface area contributed by atoms with Crippen LogP contribution in [-0.2, 0) is 14.2 Å². The lowest BCUT2D eigenvalue weighted by atomic mass is 10.1. The number of hydrogen-bond donors (Lipinski definition) is 1. The second kappa shape index (κ2) is 13.5. The van der Waals surface area contributed by atoms with E-state index in [4.69, 9.17) is 14.2 Å². The second-order valence-corrected chi connectivity index (χ2v) is 5.72. The van der Waals surface area contributed by atoms with E-state index in [0.717, 1.165) is 26.2 Å². The highest BCUT2D eigenvalue weighted by Crippen LogP contribution is 2.07. The molecule has 0 aromatic rings. The molecule has 1 N–H and O–H groups in total. The third-order valence-corrected chi connectivity index (χ3v) is 3.78. The molecular weight excluding hydrogens is 268 g/mol. The van der Waals surface area contributed by atoms with Crippen molar-refractivity contribution >= 4 is 0 Å². The molecule has 1 saturated heterocycles. The summed E-state index contributed by atoms with van der Waals surface area (Å²) in [4.78, 5) is 2.39. The zero-order chi connectivity index (χ0) is 15.2. The molecule has 0 saturated carbocycles. The number of nitrogens with zero attached hydrogens (tertiary/aromatic N) is 1. The molecule has 0 aliphatic carbocycles. The molecule has 0 aromatic carbocycles. The molecule has 0 spiro atoms. The molecule has 126 valence electrons. The molecule has 0 bridgehead atoms. The average Bonchev–Trinajstić information content (AvgIpc) is 2.50. The lowest BCUT2D eigenvalue weighted by molar-refractivity contribution is 0.0142. The van der Waals surface area contributed by atoms with Crippen molar-refractivity contribution < 1.29 is 14.2 Å². The van der Waals surface area contributed by atoms with Gasteiger partial charge in [0.25, 0.3) is 0 Å². The van der Waals surface area contributed by atoms with Crippen LogP contribution in [0.3, 0.4) is 0 Å². The summed E-state index contributed by atoms with van der Waals surface area (Å²) >= 11 is 0. The Labute approximate surface area is 130 Å². The Morgan fingerprint density at radius 3 is 2.10 bits per heavy atom. The number of nitrogens with one attached hydrogen (secondary N) is 1. The number of likely N-dealkylation sites (tertiary alicyclic amines) is 1. The molecule has 1 aliphatic rings. The van der Waals surface area contributed by atoms with Crippen molar-refractivity contribution in [1.29, 1.82) is 0 Å². The van der Waals surface area contributed by atoms with Crippen LogP contribution in [-0.4, -0.2) is 77.3 Å². The van der Waals surface area contributed by atoms with Crippen LogP contribution in [0.25, 0.3) is 0 Å². The highest BCUT2D eigenvalue weighted by Gasteiger charge is 2.15. The molecule has 0 radical (unpaired) electrons. The molecular formula is C16H34N2O3. The van der Waals surface area contributed by atoms with E-state index < -0.39 is 0 Å². The van der Waals surface area contributed by atoms with Crippen LogP contribution in [0, 0.1) is 0 Å². The Hall–Kier alpha value is -0.200. The first kappa shape index (κ1) is 18.8. The Kier molecular flexibility index (Phi) is 12.1. The minimum Gasteiger partial charge on any atom is -0.379 e. The van der Waals surface area contributed by atoms with Gasteiger partial charge in [-0.3, -0.25) is 0 Å². The van der Waals surface area contributed by atoms with Gasteiger partial charge >= 0.3 is 0 Å². The molecule has 0 aromatic heterocycles. The SMILES string of the molecule is CCCCOCCOCCOCCNC1CCN(C)CC1. The molecule has 1 rings (SSSR count). The summed E-state index contributed by atoms with van der Waals surface area (Å²) in [6, 6.07) is 0.668. The molecule has 0 amide bonds. The van der Waals surface area contributed by atoms with E-state index in [1.807, 2.05) is 0 Å². The van der Waals surface area contributed by atoms with Crippen molar-refractivity contribution in [2.75, 3.05) is 66.3 Å². The predicted octanol–water partition coefficient (Wildman–Crippen LogP) is 1.52. The molecule has 21 heavy (non-hydrogen) atoms. The Morgan fingerprint density at radius 1 is 0.905 bits per heavy atom. The first-order valence-electron chi connectivity index (χ1n) is 8.48. The van der Waals surface area contributed by atoms with Crippen molar-refractivity contribution in [1.82, 2.24) is 10.2 Å². The molecule has 0 atom stereocenters. The van der Waals surface area contributed by atoms with Crippen LogP contribution in [0.1, 0.15) is 32.6 Å². The fraction of sp³-hybridized carbons (Fsp3) is 1.00. The Balaban J connectivity index is 1.73. The van der Waals surface area contributed by atoms with Crippen LogP contribution >= 0.6 is 0 Å². The summed E-state index contributed by atoms with van der Waals surface area (Å²) in [7, 11) is 2.19. The lowest BCUT2D eigenvalue weighted by Crippen LogP contribution is -2.41. The normalized spacial score (nSPS) is 17.4. The monoisotopic (exact) mass is 302 g/mol. The van der Waals surface area contributed by atoms with E-state index in [-0.39, 0.29) is 0 Å². The average molecular weight is 302 g/mol. The van der Waals surface area contributed by atoms with Crippen molar-refractivity contribution in [2.24, 2.45) is 0 Å². The van der Waals surface area contributed by atoms with Gasteiger partial charge in [-0.2, -0.15) is 0 Å². The van der Waals surface area contributed by atoms with Crippen LogP contribution in [0.15, 0.2) is 0 Å². The molecule has 0 unspecified atom stereocenters. The summed E-state index contributed by atoms with van der Waals surface area (Å²) in [5.74, 6) is 0. The van der Waals surface area contributed by atoms with Gasteiger partial charge in [0, 0.05) is 19.2 Å². The van der Waals surface area contributed by atoms with Crippen LogP contribution in [0.2, 0.25) is 0 Å². The van der Waals surface area contributed by atoms with Gasteiger partial charge in [0.1, 0.15) is 0 Å². The summed E-state index contributed by atoms with van der Waals surface area (Å²) in [5.41, 5.74) is 0. The predicted molar refractivity (Wildman–Crippen MR) is 85.9 cm³/mol. The van der Waals surface area contributed by atoms with Gasteiger partial charge in [-0.15, -0.1) is 0 Å². The zero-order valence-corrected chi connectivity index (χ0v) is 13.9. The fourth-order valence-electron chi connectivity index (χ4n) is 2.34. The number of hydrogen-bond acceptors (Lipinski definition) is 5. The number of piperidine rings is 1. The maximum Gasteiger partial charge on any atom is 0.0701 e. The standard InChI is InChI=1S/C16H34N2O3/c1-3-4-10-19-12-14-21-15-13-20-11-7-17-16-5-8-18(2)9-6-16/h16-17H,3-15H2,1-2H3. The van der Waals surface area contributed by atoms with E-state index in [9.17, 15) is 0 Å². The maximum atomic E-state index is 5.55. The van der Waals surface area contributed by atoms with Gasteiger partial charge in [-0.05, 0) is 39.4 Å². The van der Waals surface area contributed by atoms with E-state index in [0.29, 0.717) is 32.5 Å². The first-order valence-corrected chi connectivity index (χ1v) is 8.48. The van der Waals surface area contributed by atoms with Crippen molar-refractivity contribution in [2.45, 2.75) is 38.6 Å². The quantitative estimate of drug-likeness (QED) is 0.523. The minimum atomic E-state index is 0.658. The fourth-order valence-corrected chi connectivity index (χ4v) is 2.34. The minimum absolute atomic E-state index is 0.658. The van der Waals surface area contributed by atoms with E-state index >= 15 is 0 Å². The second-order valence-electron chi connectivity index (χ2n) is 5.72. The van der Waals surface area contributed by atoms with Gasteiger partial charge in [0.2, 0.25) is 0 Å². The van der Waals surface area contributed by atoms with Crippen molar-refractivity contribution in [3.05, 3.63) is 0 Å². The van der Waals surface area contributed by atoms with E-state index in [2.05, 4.69) is 24.2 Å². The number of ether oxygens (including phenoxy) is 3. The zero-order valence-electron chi connectivity index (χ0n) is 13.9. The van der Waals surface area contributed by atoms with Gasteiger partial charge in [0.15, 0.2) is 0 Å². The first-order chi connectivity index (χ1) is 10.3. The highest BCUT2D eigenvalue weighted by atomic mass is 16.5. The topological polar surface area (TPSA) is 43.0 Å². The lowest BCUT2D eigenvalue weighted by Gasteiger charge is -2.29. The summed E-state index contributed by atoms with van der Waals surface area (Å²) in [5, 5.41) is 3.56. The van der Waals surface area contributed by atoms with Gasteiger partial charge < -0.3 is 24.4 Å². The number of unbranched alkanes of at least 4 members (excludes halogenated alkanes) is 1. The molecule has 5 heteroatoms. The smallest absolute Gasteiger partial charge is 0.0701 e. The van der Waals surface area contributed by atoms with Gasteiger partial charge in [-0.1, -0.05) is 13.3 Å². The molecule has 1 fully saturated rings. The molecule has 5 nitrogen and oxygen atoms in total.